The number of hydrogen-bond acceptors (Lipinski definition) is 6. The number of aromatic nitrogens is 1. The summed E-state index contributed by atoms with van der Waals surface area (Å²) in [4.78, 5) is 47.9. The van der Waals surface area contributed by atoms with E-state index >= 15 is 0 Å². The second kappa shape index (κ2) is 11.0. The van der Waals surface area contributed by atoms with Crippen LogP contribution in [0.15, 0.2) is 24.5 Å². The van der Waals surface area contributed by atoms with Crippen molar-refractivity contribution in [1.82, 2.24) is 5.32 Å². The fraction of sp³-hybridized carbons (Fsp3) is 0.526. The molecule has 28 heavy (non-hydrogen) atoms. The minimum Gasteiger partial charge on any atom is -0.464 e. The predicted molar refractivity (Wildman–Crippen MR) is 98.8 cm³/mol. The lowest BCUT2D eigenvalue weighted by molar-refractivity contribution is -0.697. The van der Waals surface area contributed by atoms with Gasteiger partial charge in [0.1, 0.15) is 12.1 Å². The fourth-order valence-corrected chi connectivity index (χ4v) is 2.75. The first-order valence-corrected chi connectivity index (χ1v) is 9.19. The fourth-order valence-electron chi connectivity index (χ4n) is 2.75. The lowest BCUT2D eigenvalue weighted by Gasteiger charge is -2.29. The molecule has 0 saturated carbocycles. The quantitative estimate of drug-likeness (QED) is 0.239. The minimum absolute atomic E-state index is 0.0281. The summed E-state index contributed by atoms with van der Waals surface area (Å²) in [5.74, 6) is -2.74. The van der Waals surface area contributed by atoms with Crippen LogP contribution in [0.4, 0.5) is 0 Å². The van der Waals surface area contributed by atoms with E-state index < -0.39 is 29.3 Å². The average Bonchev–Trinajstić information content (AvgIpc) is 2.64. The van der Waals surface area contributed by atoms with E-state index in [0.29, 0.717) is 24.9 Å². The molecule has 0 bridgehead atoms. The highest BCUT2D eigenvalue weighted by Gasteiger charge is 2.49. The Kier molecular flexibility index (Phi) is 9.07. The predicted octanol–water partition coefficient (Wildman–Crippen LogP) is 0.244. The third kappa shape index (κ3) is 6.33. The highest BCUT2D eigenvalue weighted by Crippen LogP contribution is 2.20. The number of nitrogens with two attached hydrogens (primary N) is 1. The normalized spacial score (nSPS) is 10.8. The third-order valence-electron chi connectivity index (χ3n) is 4.00. The summed E-state index contributed by atoms with van der Waals surface area (Å²) < 4.78 is 11.8. The van der Waals surface area contributed by atoms with Gasteiger partial charge in [-0.2, -0.15) is 0 Å². The van der Waals surface area contributed by atoms with Gasteiger partial charge in [-0.3, -0.25) is 9.59 Å². The maximum Gasteiger partial charge on any atom is 0.343 e. The largest absolute Gasteiger partial charge is 0.464 e. The molecule has 0 aromatic carbocycles. The number of amides is 2. The molecule has 0 unspecified atom stereocenters. The van der Waals surface area contributed by atoms with Crippen LogP contribution < -0.4 is 15.6 Å². The first kappa shape index (κ1) is 23.1. The van der Waals surface area contributed by atoms with Crippen LogP contribution in [0.2, 0.25) is 0 Å². The van der Waals surface area contributed by atoms with Gasteiger partial charge >= 0.3 is 11.9 Å². The molecule has 3 N–H and O–H groups in total. The molecule has 9 nitrogen and oxygen atoms in total. The van der Waals surface area contributed by atoms with Crippen molar-refractivity contribution in [3.8, 4) is 0 Å². The third-order valence-corrected chi connectivity index (χ3v) is 4.00. The van der Waals surface area contributed by atoms with Crippen molar-refractivity contribution in [2.24, 2.45) is 5.73 Å². The lowest BCUT2D eigenvalue weighted by Crippen LogP contribution is -2.61. The van der Waals surface area contributed by atoms with E-state index in [4.69, 9.17) is 15.2 Å². The topological polar surface area (TPSA) is 129 Å². The van der Waals surface area contributed by atoms with Crippen molar-refractivity contribution < 1.29 is 33.2 Å². The van der Waals surface area contributed by atoms with Crippen LogP contribution in [0, 0.1) is 0 Å². The Morgan fingerprint density at radius 2 is 1.71 bits per heavy atom. The van der Waals surface area contributed by atoms with Gasteiger partial charge in [0.2, 0.25) is 11.4 Å². The smallest absolute Gasteiger partial charge is 0.343 e. The lowest BCUT2D eigenvalue weighted by atomic mass is 9.92. The molecule has 0 saturated heterocycles. The molecule has 9 heteroatoms. The zero-order valence-electron chi connectivity index (χ0n) is 16.5. The SMILES string of the molecule is CCOC(=O)C(CCCC[n+]1cccc(C(N)=O)c1)(NC(C)=O)C(=O)OCC. The number of aryl methyl sites for hydroxylation is 1. The van der Waals surface area contributed by atoms with Gasteiger partial charge in [0.05, 0.1) is 13.2 Å². The molecule has 0 fully saturated rings. The highest BCUT2D eigenvalue weighted by atomic mass is 16.6. The van der Waals surface area contributed by atoms with Gasteiger partial charge in [-0.05, 0) is 32.8 Å². The van der Waals surface area contributed by atoms with Crippen molar-refractivity contribution in [2.45, 2.75) is 52.1 Å². The average molecular weight is 394 g/mol. The van der Waals surface area contributed by atoms with Crippen LogP contribution >= 0.6 is 0 Å². The summed E-state index contributed by atoms with van der Waals surface area (Å²) in [6.45, 7) is 5.11. The van der Waals surface area contributed by atoms with Gasteiger partial charge in [0.15, 0.2) is 12.4 Å². The summed E-state index contributed by atoms with van der Waals surface area (Å²) >= 11 is 0. The van der Waals surface area contributed by atoms with Crippen LogP contribution in [-0.2, 0) is 30.4 Å². The number of esters is 2. The molecule has 1 rings (SSSR count). The molecule has 0 aliphatic rings. The van der Waals surface area contributed by atoms with Crippen LogP contribution in [0.5, 0.6) is 0 Å². The van der Waals surface area contributed by atoms with Crippen LogP contribution in [0.1, 0.15) is 50.4 Å². The number of nitrogens with one attached hydrogen (secondary N) is 1. The van der Waals surface area contributed by atoms with Crippen molar-refractivity contribution in [3.05, 3.63) is 30.1 Å². The number of rotatable bonds is 11. The van der Waals surface area contributed by atoms with E-state index in [-0.39, 0.29) is 19.6 Å². The summed E-state index contributed by atoms with van der Waals surface area (Å²) in [6, 6.07) is 3.32. The maximum atomic E-state index is 12.5. The first-order valence-electron chi connectivity index (χ1n) is 9.19. The van der Waals surface area contributed by atoms with Gasteiger partial charge in [0, 0.05) is 19.4 Å². The van der Waals surface area contributed by atoms with Crippen molar-refractivity contribution in [3.63, 3.8) is 0 Å². The minimum atomic E-state index is -1.88. The number of carbonyl (C=O) groups is 4. The van der Waals surface area contributed by atoms with Crippen LogP contribution in [-0.4, -0.2) is 42.5 Å². The van der Waals surface area contributed by atoms with Gasteiger partial charge in [-0.15, -0.1) is 0 Å². The van der Waals surface area contributed by atoms with Crippen LogP contribution in [0.3, 0.4) is 0 Å². The van der Waals surface area contributed by atoms with E-state index in [0.717, 1.165) is 0 Å². The standard InChI is InChI=1S/C19H27N3O6/c1-4-27-17(25)19(21-14(3)23,18(26)28-5-2)10-6-7-11-22-12-8-9-15(13-22)16(20)24/h8-9,12-13H,4-7,10-11H2,1-3H3,(H2-,20,21,23,24)/p+1. The molecule has 1 aromatic rings. The van der Waals surface area contributed by atoms with Gasteiger partial charge in [0.25, 0.3) is 5.91 Å². The highest BCUT2D eigenvalue weighted by molar-refractivity contribution is 6.07. The summed E-state index contributed by atoms with van der Waals surface area (Å²) in [5.41, 5.74) is 3.77. The Labute approximate surface area is 164 Å². The molecule has 0 spiro atoms. The number of carbonyl (C=O) groups excluding carboxylic acids is 4. The molecule has 0 aliphatic heterocycles. The van der Waals surface area contributed by atoms with Gasteiger partial charge in [-0.1, -0.05) is 0 Å². The monoisotopic (exact) mass is 394 g/mol. The molecule has 154 valence electrons. The van der Waals surface area contributed by atoms with E-state index in [2.05, 4.69) is 5.32 Å². The van der Waals surface area contributed by atoms with E-state index in [1.165, 1.54) is 6.92 Å². The number of nitrogens with zero attached hydrogens (tertiary/aromatic N) is 1. The maximum absolute atomic E-state index is 12.5. The van der Waals surface area contributed by atoms with E-state index in [1.54, 1.807) is 42.9 Å². The van der Waals surface area contributed by atoms with Gasteiger partial charge in [-0.25, -0.2) is 14.2 Å². The molecule has 0 aliphatic carbocycles. The number of hydrogen-bond donors (Lipinski definition) is 2. The first-order chi connectivity index (χ1) is 13.3. The molecule has 0 radical (unpaired) electrons. The number of pyridine rings is 1. The van der Waals surface area contributed by atoms with E-state index in [1.807, 2.05) is 0 Å². The zero-order chi connectivity index (χ0) is 21.2. The van der Waals surface area contributed by atoms with Gasteiger partial charge < -0.3 is 20.5 Å². The Hall–Kier alpha value is -2.97. The molecule has 2 amide bonds. The zero-order valence-corrected chi connectivity index (χ0v) is 16.5. The Morgan fingerprint density at radius 1 is 1.11 bits per heavy atom. The number of unbranched alkanes of at least 4 members (excludes halogenated alkanes) is 1. The molecule has 0 atom stereocenters. The number of ether oxygens (including phenoxy) is 2. The second-order valence-electron chi connectivity index (χ2n) is 6.18. The Morgan fingerprint density at radius 3 is 2.21 bits per heavy atom. The molecule has 1 aromatic heterocycles. The summed E-state index contributed by atoms with van der Waals surface area (Å²) in [5, 5.41) is 2.43. The molecular weight excluding hydrogens is 366 g/mol. The molecular formula is C19H28N3O6+. The Balaban J connectivity index is 2.89. The summed E-state index contributed by atoms with van der Waals surface area (Å²) in [6.07, 6.45) is 4.43. The molecule has 1 heterocycles. The van der Waals surface area contributed by atoms with Crippen molar-refractivity contribution >= 4 is 23.8 Å². The summed E-state index contributed by atoms with van der Waals surface area (Å²) in [7, 11) is 0. The van der Waals surface area contributed by atoms with E-state index in [9.17, 15) is 19.2 Å². The van der Waals surface area contributed by atoms with Crippen LogP contribution in [0.25, 0.3) is 0 Å². The Bertz CT molecular complexity index is 701. The van der Waals surface area contributed by atoms with Crippen molar-refractivity contribution in [1.29, 1.82) is 0 Å². The second-order valence-corrected chi connectivity index (χ2v) is 6.18. The van der Waals surface area contributed by atoms with Crippen molar-refractivity contribution in [2.75, 3.05) is 13.2 Å². The number of primary amides is 1.